The van der Waals surface area contributed by atoms with Gasteiger partial charge in [0, 0.05) is 7.05 Å². The Labute approximate surface area is 73.2 Å². The van der Waals surface area contributed by atoms with Crippen molar-refractivity contribution in [2.24, 2.45) is 0 Å². The first kappa shape index (κ1) is 7.47. The van der Waals surface area contributed by atoms with Crippen LogP contribution in [0.2, 0.25) is 0 Å². The van der Waals surface area contributed by atoms with Crippen LogP contribution in [0, 0.1) is 6.92 Å². The lowest BCUT2D eigenvalue weighted by Crippen LogP contribution is -2.28. The summed E-state index contributed by atoms with van der Waals surface area (Å²) >= 11 is 0. The molecule has 2 rings (SSSR count). The summed E-state index contributed by atoms with van der Waals surface area (Å²) in [6.45, 7) is 4.31. The lowest BCUT2D eigenvalue weighted by Gasteiger charge is -2.18. The molecule has 12 heavy (non-hydrogen) atoms. The fourth-order valence-electron chi connectivity index (χ4n) is 1.76. The maximum atomic E-state index is 3.41. The molecule has 0 saturated carbocycles. The number of nitrogens with one attached hydrogen (secondary N) is 1. The number of benzene rings is 1. The molecule has 0 aliphatic carbocycles. The van der Waals surface area contributed by atoms with Gasteiger partial charge in [-0.05, 0) is 25.5 Å². The molecular formula is C10H14N2. The van der Waals surface area contributed by atoms with E-state index in [1.54, 1.807) is 0 Å². The van der Waals surface area contributed by atoms with E-state index in [2.05, 4.69) is 49.3 Å². The van der Waals surface area contributed by atoms with Gasteiger partial charge in [-0.2, -0.15) is 0 Å². The third kappa shape index (κ3) is 0.876. The topological polar surface area (TPSA) is 15.3 Å². The molecule has 0 amide bonds. The van der Waals surface area contributed by atoms with Gasteiger partial charge in [-0.1, -0.05) is 12.1 Å². The first-order valence-electron chi connectivity index (χ1n) is 4.29. The van der Waals surface area contributed by atoms with Crippen LogP contribution in [-0.4, -0.2) is 13.2 Å². The Balaban J connectivity index is 2.55. The Morgan fingerprint density at radius 1 is 1.42 bits per heavy atom. The van der Waals surface area contributed by atoms with Crippen molar-refractivity contribution in [3.8, 4) is 0 Å². The van der Waals surface area contributed by atoms with Crippen molar-refractivity contribution < 1.29 is 0 Å². The molecule has 0 saturated heterocycles. The fourth-order valence-corrected chi connectivity index (χ4v) is 1.76. The highest BCUT2D eigenvalue weighted by Gasteiger charge is 2.22. The van der Waals surface area contributed by atoms with E-state index in [9.17, 15) is 0 Å². The van der Waals surface area contributed by atoms with Crippen LogP contribution in [0.4, 0.5) is 11.4 Å². The molecule has 0 fully saturated rings. The number of hydrogen-bond donors (Lipinski definition) is 1. The number of aryl methyl sites for hydroxylation is 1. The second-order valence-electron chi connectivity index (χ2n) is 3.40. The smallest absolute Gasteiger partial charge is 0.0959 e. The number of hydrogen-bond acceptors (Lipinski definition) is 2. The second kappa shape index (κ2) is 2.41. The van der Waals surface area contributed by atoms with Gasteiger partial charge in [0.15, 0.2) is 0 Å². The van der Waals surface area contributed by atoms with Crippen LogP contribution >= 0.6 is 0 Å². The van der Waals surface area contributed by atoms with Gasteiger partial charge >= 0.3 is 0 Å². The van der Waals surface area contributed by atoms with Crippen LogP contribution in [0.5, 0.6) is 0 Å². The molecule has 1 heterocycles. The predicted molar refractivity (Wildman–Crippen MR) is 52.7 cm³/mol. The summed E-state index contributed by atoms with van der Waals surface area (Å²) in [6.07, 6.45) is 0.418. The molecule has 1 N–H and O–H groups in total. The van der Waals surface area contributed by atoms with Gasteiger partial charge in [-0.25, -0.2) is 0 Å². The molecule has 1 aliphatic rings. The highest BCUT2D eigenvalue weighted by molar-refractivity contribution is 5.78. The van der Waals surface area contributed by atoms with Gasteiger partial charge in [-0.15, -0.1) is 0 Å². The number of fused-ring (bicyclic) bond motifs is 1. The standard InChI is InChI=1S/C10H14N2/c1-7-5-4-6-9-10(7)12(3)8(2)11-9/h4-6,8,11H,1-3H3. The van der Waals surface area contributed by atoms with E-state index >= 15 is 0 Å². The Morgan fingerprint density at radius 2 is 2.17 bits per heavy atom. The van der Waals surface area contributed by atoms with Crippen LogP contribution in [0.15, 0.2) is 18.2 Å². The quantitative estimate of drug-likeness (QED) is 0.629. The minimum Gasteiger partial charge on any atom is -0.364 e. The van der Waals surface area contributed by atoms with Crippen molar-refractivity contribution in [3.63, 3.8) is 0 Å². The van der Waals surface area contributed by atoms with Gasteiger partial charge in [0.1, 0.15) is 0 Å². The average molecular weight is 162 g/mol. The molecule has 1 aromatic rings. The molecule has 64 valence electrons. The molecule has 2 nitrogen and oxygen atoms in total. The van der Waals surface area contributed by atoms with E-state index in [1.165, 1.54) is 16.9 Å². The molecule has 0 spiro atoms. The van der Waals surface area contributed by atoms with E-state index in [-0.39, 0.29) is 0 Å². The summed E-state index contributed by atoms with van der Waals surface area (Å²) in [5.74, 6) is 0. The number of para-hydroxylation sites is 1. The molecule has 1 unspecified atom stereocenters. The Morgan fingerprint density at radius 3 is 2.83 bits per heavy atom. The third-order valence-electron chi connectivity index (χ3n) is 2.54. The maximum Gasteiger partial charge on any atom is 0.0959 e. The fraction of sp³-hybridized carbons (Fsp3) is 0.400. The van der Waals surface area contributed by atoms with Gasteiger partial charge in [0.25, 0.3) is 0 Å². The maximum absolute atomic E-state index is 3.41. The predicted octanol–water partition coefficient (Wildman–Crippen LogP) is 2.20. The first-order chi connectivity index (χ1) is 5.70. The number of nitrogens with zero attached hydrogens (tertiary/aromatic N) is 1. The largest absolute Gasteiger partial charge is 0.364 e. The van der Waals surface area contributed by atoms with Crippen molar-refractivity contribution in [3.05, 3.63) is 23.8 Å². The van der Waals surface area contributed by atoms with E-state index < -0.39 is 0 Å². The van der Waals surface area contributed by atoms with Gasteiger partial charge < -0.3 is 10.2 Å². The summed E-state index contributed by atoms with van der Waals surface area (Å²) in [4.78, 5) is 2.27. The van der Waals surface area contributed by atoms with Crippen LogP contribution in [0.3, 0.4) is 0 Å². The van der Waals surface area contributed by atoms with Crippen molar-refractivity contribution in [1.82, 2.24) is 0 Å². The van der Waals surface area contributed by atoms with Gasteiger partial charge in [0.2, 0.25) is 0 Å². The molecule has 1 atom stereocenters. The van der Waals surface area contributed by atoms with Crippen LogP contribution in [-0.2, 0) is 0 Å². The van der Waals surface area contributed by atoms with Crippen molar-refractivity contribution >= 4 is 11.4 Å². The molecule has 0 aromatic heterocycles. The first-order valence-corrected chi connectivity index (χ1v) is 4.29. The van der Waals surface area contributed by atoms with E-state index in [0.717, 1.165) is 0 Å². The molecule has 1 aliphatic heterocycles. The van der Waals surface area contributed by atoms with Crippen molar-refractivity contribution in [2.45, 2.75) is 20.0 Å². The summed E-state index contributed by atoms with van der Waals surface area (Å²) in [5, 5.41) is 3.41. The van der Waals surface area contributed by atoms with Gasteiger partial charge in [0.05, 0.1) is 17.5 Å². The van der Waals surface area contributed by atoms with Crippen molar-refractivity contribution in [2.75, 3.05) is 17.3 Å². The number of rotatable bonds is 0. The molecular weight excluding hydrogens is 148 g/mol. The molecule has 0 bridgehead atoms. The lowest BCUT2D eigenvalue weighted by molar-refractivity contribution is 0.805. The zero-order valence-corrected chi connectivity index (χ0v) is 7.76. The minimum atomic E-state index is 0.418. The third-order valence-corrected chi connectivity index (χ3v) is 2.54. The Kier molecular flexibility index (Phi) is 1.50. The monoisotopic (exact) mass is 162 g/mol. The van der Waals surface area contributed by atoms with Crippen molar-refractivity contribution in [1.29, 1.82) is 0 Å². The normalized spacial score (nSPS) is 20.6. The molecule has 1 aromatic carbocycles. The Hall–Kier alpha value is -1.18. The lowest BCUT2D eigenvalue weighted by atomic mass is 10.2. The highest BCUT2D eigenvalue weighted by Crippen LogP contribution is 2.35. The second-order valence-corrected chi connectivity index (χ2v) is 3.40. The molecule has 0 radical (unpaired) electrons. The average Bonchev–Trinajstić information content (AvgIpc) is 2.29. The molecule has 2 heteroatoms. The summed E-state index contributed by atoms with van der Waals surface area (Å²) in [6, 6.07) is 6.37. The van der Waals surface area contributed by atoms with Crippen LogP contribution in [0.25, 0.3) is 0 Å². The van der Waals surface area contributed by atoms with Crippen LogP contribution in [0.1, 0.15) is 12.5 Å². The van der Waals surface area contributed by atoms with Crippen LogP contribution < -0.4 is 10.2 Å². The summed E-state index contributed by atoms with van der Waals surface area (Å²) in [7, 11) is 2.12. The zero-order chi connectivity index (χ0) is 8.72. The van der Waals surface area contributed by atoms with E-state index in [4.69, 9.17) is 0 Å². The number of anilines is 2. The summed E-state index contributed by atoms with van der Waals surface area (Å²) < 4.78 is 0. The highest BCUT2D eigenvalue weighted by atomic mass is 15.3. The summed E-state index contributed by atoms with van der Waals surface area (Å²) in [5.41, 5.74) is 3.93. The van der Waals surface area contributed by atoms with E-state index in [0.29, 0.717) is 6.17 Å². The zero-order valence-electron chi connectivity index (χ0n) is 7.76. The Bertz CT molecular complexity index is 307. The van der Waals surface area contributed by atoms with E-state index in [1.807, 2.05) is 0 Å². The minimum absolute atomic E-state index is 0.418. The van der Waals surface area contributed by atoms with Gasteiger partial charge in [-0.3, -0.25) is 0 Å². The SMILES string of the molecule is Cc1cccc2c1N(C)C(C)N2.